The fourth-order valence-electron chi connectivity index (χ4n) is 3.81. The molecule has 0 saturated carbocycles. The van der Waals surface area contributed by atoms with E-state index in [1.54, 1.807) is 0 Å². The number of rotatable bonds is 7. The van der Waals surface area contributed by atoms with E-state index in [-0.39, 0.29) is 24.4 Å². The summed E-state index contributed by atoms with van der Waals surface area (Å²) in [6.07, 6.45) is 2.94. The van der Waals surface area contributed by atoms with Crippen molar-refractivity contribution in [1.82, 2.24) is 5.32 Å². The molecule has 2 aromatic rings. The number of anilines is 2. The van der Waals surface area contributed by atoms with E-state index >= 15 is 0 Å². The van der Waals surface area contributed by atoms with E-state index in [4.69, 9.17) is 0 Å². The molecule has 5 heteroatoms. The molecule has 0 aromatic heterocycles. The Hall–Kier alpha value is -2.04. The van der Waals surface area contributed by atoms with E-state index in [2.05, 4.69) is 54.1 Å². The molecular formula is C23H32ClN3O. The molecule has 0 bridgehead atoms. The monoisotopic (exact) mass is 401 g/mol. The molecule has 1 saturated heterocycles. The van der Waals surface area contributed by atoms with Crippen LogP contribution in [0.3, 0.4) is 0 Å². The van der Waals surface area contributed by atoms with Crippen molar-refractivity contribution in [2.45, 2.75) is 39.2 Å². The zero-order valence-electron chi connectivity index (χ0n) is 16.8. The van der Waals surface area contributed by atoms with Gasteiger partial charge in [0.25, 0.3) is 0 Å². The van der Waals surface area contributed by atoms with Gasteiger partial charge in [-0.05, 0) is 74.5 Å². The molecular weight excluding hydrogens is 370 g/mol. The van der Waals surface area contributed by atoms with Crippen LogP contribution in [0.2, 0.25) is 0 Å². The largest absolute Gasteiger partial charge is 0.379 e. The molecule has 1 heterocycles. The summed E-state index contributed by atoms with van der Waals surface area (Å²) in [6, 6.07) is 18.6. The summed E-state index contributed by atoms with van der Waals surface area (Å²) >= 11 is 0. The normalized spacial score (nSPS) is 16.5. The highest BCUT2D eigenvalue weighted by Gasteiger charge is 2.22. The zero-order valence-corrected chi connectivity index (χ0v) is 17.6. The smallest absolute Gasteiger partial charge is 0.224 e. The van der Waals surface area contributed by atoms with Crippen molar-refractivity contribution in [3.05, 3.63) is 60.2 Å². The Labute approximate surface area is 174 Å². The Balaban J connectivity index is 0.00000280. The second kappa shape index (κ2) is 11.1. The quantitative estimate of drug-likeness (QED) is 0.594. The standard InChI is InChI=1S/C23H31N3O.ClH/c1-17(19-12-14-24-15-13-19)16-23(27)26-22-10-8-21(9-11-22)25-18(2)20-6-4-3-5-7-20;/h3-11,17-19,24-25H,12-16H2,1-2H3,(H,26,27);1H. The Morgan fingerprint density at radius 2 is 1.61 bits per heavy atom. The second-order valence-electron chi connectivity index (χ2n) is 7.67. The first-order valence-electron chi connectivity index (χ1n) is 10.0. The number of carbonyl (C=O) groups is 1. The molecule has 3 rings (SSSR count). The maximum atomic E-state index is 12.4. The van der Waals surface area contributed by atoms with Crippen LogP contribution in [0.5, 0.6) is 0 Å². The first-order valence-corrected chi connectivity index (χ1v) is 10.0. The third-order valence-electron chi connectivity index (χ3n) is 5.55. The van der Waals surface area contributed by atoms with Crippen LogP contribution in [0.25, 0.3) is 0 Å². The van der Waals surface area contributed by atoms with E-state index in [1.807, 2.05) is 30.3 Å². The Bertz CT molecular complexity index is 714. The minimum absolute atomic E-state index is 0. The third kappa shape index (κ3) is 6.54. The van der Waals surface area contributed by atoms with E-state index in [0.29, 0.717) is 18.3 Å². The van der Waals surface area contributed by atoms with Gasteiger partial charge in [0.15, 0.2) is 0 Å². The van der Waals surface area contributed by atoms with Gasteiger partial charge < -0.3 is 16.0 Å². The van der Waals surface area contributed by atoms with Gasteiger partial charge in [0.05, 0.1) is 0 Å². The van der Waals surface area contributed by atoms with Gasteiger partial charge in [-0.25, -0.2) is 0 Å². The lowest BCUT2D eigenvalue weighted by atomic mass is 9.84. The van der Waals surface area contributed by atoms with Crippen LogP contribution >= 0.6 is 12.4 Å². The fraction of sp³-hybridized carbons (Fsp3) is 0.435. The lowest BCUT2D eigenvalue weighted by Gasteiger charge is -2.27. The maximum Gasteiger partial charge on any atom is 0.224 e. The second-order valence-corrected chi connectivity index (χ2v) is 7.67. The molecule has 152 valence electrons. The van der Waals surface area contributed by atoms with Crippen molar-refractivity contribution in [3.63, 3.8) is 0 Å². The summed E-state index contributed by atoms with van der Waals surface area (Å²) in [4.78, 5) is 12.4. The molecule has 2 unspecified atom stereocenters. The maximum absolute atomic E-state index is 12.4. The van der Waals surface area contributed by atoms with Crippen molar-refractivity contribution >= 4 is 29.7 Å². The fourth-order valence-corrected chi connectivity index (χ4v) is 3.81. The molecule has 2 atom stereocenters. The number of piperidine rings is 1. The molecule has 2 aromatic carbocycles. The van der Waals surface area contributed by atoms with E-state index in [0.717, 1.165) is 24.5 Å². The van der Waals surface area contributed by atoms with Crippen LogP contribution in [-0.2, 0) is 4.79 Å². The summed E-state index contributed by atoms with van der Waals surface area (Å²) in [6.45, 7) is 6.50. The summed E-state index contributed by atoms with van der Waals surface area (Å²) in [7, 11) is 0. The van der Waals surface area contributed by atoms with Gasteiger partial charge in [-0.1, -0.05) is 37.3 Å². The molecule has 1 fully saturated rings. The Kier molecular flexibility index (Phi) is 8.81. The number of hydrogen-bond acceptors (Lipinski definition) is 3. The lowest BCUT2D eigenvalue weighted by molar-refractivity contribution is -0.117. The van der Waals surface area contributed by atoms with Crippen LogP contribution < -0.4 is 16.0 Å². The summed E-state index contributed by atoms with van der Waals surface area (Å²) < 4.78 is 0. The van der Waals surface area contributed by atoms with Crippen LogP contribution in [-0.4, -0.2) is 19.0 Å². The number of amides is 1. The van der Waals surface area contributed by atoms with Crippen molar-refractivity contribution in [1.29, 1.82) is 0 Å². The van der Waals surface area contributed by atoms with Gasteiger partial charge in [0.2, 0.25) is 5.91 Å². The highest BCUT2D eigenvalue weighted by atomic mass is 35.5. The average Bonchev–Trinajstić information content (AvgIpc) is 2.70. The van der Waals surface area contributed by atoms with Crippen LogP contribution in [0.4, 0.5) is 11.4 Å². The Morgan fingerprint density at radius 3 is 2.25 bits per heavy atom. The first-order chi connectivity index (χ1) is 13.1. The number of nitrogens with one attached hydrogen (secondary N) is 3. The zero-order chi connectivity index (χ0) is 19.1. The van der Waals surface area contributed by atoms with Crippen LogP contribution in [0, 0.1) is 11.8 Å². The number of halogens is 1. The highest BCUT2D eigenvalue weighted by Crippen LogP contribution is 2.25. The summed E-state index contributed by atoms with van der Waals surface area (Å²) in [5, 5.41) is 9.92. The topological polar surface area (TPSA) is 53.2 Å². The van der Waals surface area contributed by atoms with Crippen molar-refractivity contribution in [3.8, 4) is 0 Å². The van der Waals surface area contributed by atoms with E-state index < -0.39 is 0 Å². The van der Waals surface area contributed by atoms with Gasteiger partial charge >= 0.3 is 0 Å². The molecule has 0 spiro atoms. The van der Waals surface area contributed by atoms with E-state index in [9.17, 15) is 4.79 Å². The molecule has 3 N–H and O–H groups in total. The van der Waals surface area contributed by atoms with Crippen LogP contribution in [0.15, 0.2) is 54.6 Å². The number of carbonyl (C=O) groups excluding carboxylic acids is 1. The molecule has 1 aliphatic heterocycles. The van der Waals surface area contributed by atoms with Gasteiger partial charge in [0.1, 0.15) is 0 Å². The molecule has 0 radical (unpaired) electrons. The summed E-state index contributed by atoms with van der Waals surface area (Å²) in [5.41, 5.74) is 3.16. The highest BCUT2D eigenvalue weighted by molar-refractivity contribution is 5.91. The van der Waals surface area contributed by atoms with Crippen molar-refractivity contribution in [2.75, 3.05) is 23.7 Å². The lowest BCUT2D eigenvalue weighted by Crippen LogP contribution is -2.32. The first kappa shape index (κ1) is 22.3. The minimum Gasteiger partial charge on any atom is -0.379 e. The molecule has 28 heavy (non-hydrogen) atoms. The number of hydrogen-bond donors (Lipinski definition) is 3. The Morgan fingerprint density at radius 1 is 1.00 bits per heavy atom. The van der Waals surface area contributed by atoms with Gasteiger partial charge in [-0.3, -0.25) is 4.79 Å². The summed E-state index contributed by atoms with van der Waals surface area (Å²) in [5.74, 6) is 1.20. The SMILES string of the molecule is CC(Nc1ccc(NC(=O)CC(C)C2CCNCC2)cc1)c1ccccc1.Cl. The average molecular weight is 402 g/mol. The van der Waals surface area contributed by atoms with Gasteiger partial charge in [-0.2, -0.15) is 0 Å². The van der Waals surface area contributed by atoms with E-state index in [1.165, 1.54) is 18.4 Å². The molecule has 1 aliphatic rings. The predicted molar refractivity (Wildman–Crippen MR) is 120 cm³/mol. The molecule has 0 aliphatic carbocycles. The van der Waals surface area contributed by atoms with Crippen LogP contribution in [0.1, 0.15) is 44.7 Å². The van der Waals surface area contributed by atoms with Crippen molar-refractivity contribution < 1.29 is 4.79 Å². The molecule has 4 nitrogen and oxygen atoms in total. The molecule has 1 amide bonds. The van der Waals surface area contributed by atoms with Gasteiger partial charge in [0, 0.05) is 23.8 Å². The number of benzene rings is 2. The third-order valence-corrected chi connectivity index (χ3v) is 5.55. The predicted octanol–water partition coefficient (Wildman–Crippen LogP) is 5.25. The minimum atomic E-state index is 0. The van der Waals surface area contributed by atoms with Gasteiger partial charge in [-0.15, -0.1) is 12.4 Å². The van der Waals surface area contributed by atoms with Crippen molar-refractivity contribution in [2.24, 2.45) is 11.8 Å².